The summed E-state index contributed by atoms with van der Waals surface area (Å²) in [5.74, 6) is 1.75. The fourth-order valence-electron chi connectivity index (χ4n) is 7.06. The van der Waals surface area contributed by atoms with E-state index in [1.807, 2.05) is 36.0 Å². The van der Waals surface area contributed by atoms with Crippen LogP contribution in [0.2, 0.25) is 0 Å². The number of allylic oxidation sites excluding steroid dienone is 3. The Morgan fingerprint density at radius 2 is 1.22 bits per heavy atom. The molecule has 4 heterocycles. The van der Waals surface area contributed by atoms with Gasteiger partial charge in [-0.05, 0) is 23.8 Å². The summed E-state index contributed by atoms with van der Waals surface area (Å²) in [4.78, 5) is 22.0. The van der Waals surface area contributed by atoms with E-state index in [0.29, 0.717) is 0 Å². The van der Waals surface area contributed by atoms with Crippen molar-refractivity contribution in [1.82, 2.24) is 19.9 Å². The molecule has 50 heavy (non-hydrogen) atoms. The Morgan fingerprint density at radius 3 is 2.00 bits per heavy atom. The van der Waals surface area contributed by atoms with Gasteiger partial charge in [-0.25, -0.2) is 19.9 Å². The Kier molecular flexibility index (Phi) is 7.03. The monoisotopic (exact) mass is 676 g/mol. The van der Waals surface area contributed by atoms with E-state index < -0.39 is 0 Å². The summed E-state index contributed by atoms with van der Waals surface area (Å²) in [5, 5.41) is 1.35. The largest absolute Gasteiger partial charge is 0.228 e. The van der Waals surface area contributed by atoms with Gasteiger partial charge in [-0.2, -0.15) is 0 Å². The summed E-state index contributed by atoms with van der Waals surface area (Å²) in [6.45, 7) is 0. The first kappa shape index (κ1) is 29.2. The van der Waals surface area contributed by atoms with Gasteiger partial charge in [0, 0.05) is 54.0 Å². The summed E-state index contributed by atoms with van der Waals surface area (Å²) >= 11 is 3.68. The molecular weight excluding hydrogens is 649 g/mol. The highest BCUT2D eigenvalue weighted by Gasteiger charge is 2.37. The lowest BCUT2D eigenvalue weighted by Gasteiger charge is -2.22. The van der Waals surface area contributed by atoms with E-state index in [0.717, 1.165) is 66.8 Å². The van der Waals surface area contributed by atoms with E-state index in [2.05, 4.69) is 133 Å². The van der Waals surface area contributed by atoms with Crippen molar-refractivity contribution in [2.24, 2.45) is 0 Å². The molecule has 0 saturated carbocycles. The van der Waals surface area contributed by atoms with Crippen molar-refractivity contribution in [3.8, 4) is 45.2 Å². The van der Waals surface area contributed by atoms with Crippen LogP contribution in [0.3, 0.4) is 0 Å². The predicted octanol–water partition coefficient (Wildman–Crippen LogP) is 11.5. The Morgan fingerprint density at radius 1 is 0.540 bits per heavy atom. The molecule has 5 aromatic carbocycles. The molecule has 1 aliphatic heterocycles. The molecule has 3 aromatic heterocycles. The third-order valence-corrected chi connectivity index (χ3v) is 12.1. The van der Waals surface area contributed by atoms with Crippen molar-refractivity contribution in [2.45, 2.75) is 16.1 Å². The van der Waals surface area contributed by atoms with E-state index in [-0.39, 0.29) is 11.2 Å². The number of hydrogen-bond acceptors (Lipinski definition) is 6. The minimum absolute atomic E-state index is 0.168. The smallest absolute Gasteiger partial charge is 0.160 e. The lowest BCUT2D eigenvalue weighted by Crippen LogP contribution is -2.15. The molecule has 0 saturated heterocycles. The highest BCUT2D eigenvalue weighted by molar-refractivity contribution is 8.00. The van der Waals surface area contributed by atoms with Crippen LogP contribution in [0.1, 0.15) is 17.3 Å². The van der Waals surface area contributed by atoms with E-state index in [9.17, 15) is 0 Å². The van der Waals surface area contributed by atoms with Gasteiger partial charge in [0.05, 0.1) is 27.3 Å². The van der Waals surface area contributed by atoms with Gasteiger partial charge in [-0.15, -0.1) is 23.1 Å². The quantitative estimate of drug-likeness (QED) is 0.182. The predicted molar refractivity (Wildman–Crippen MR) is 208 cm³/mol. The molecule has 0 radical (unpaired) electrons. The molecule has 10 rings (SSSR count). The topological polar surface area (TPSA) is 51.6 Å². The van der Waals surface area contributed by atoms with E-state index in [4.69, 9.17) is 19.9 Å². The van der Waals surface area contributed by atoms with Crippen molar-refractivity contribution in [3.63, 3.8) is 0 Å². The minimum Gasteiger partial charge on any atom is -0.228 e. The number of fused-ring (bicyclic) bond motifs is 6. The molecule has 4 nitrogen and oxygen atoms in total. The van der Waals surface area contributed by atoms with E-state index in [1.54, 1.807) is 11.3 Å². The second-order valence-corrected chi connectivity index (χ2v) is 14.8. The molecule has 0 N–H and O–H groups in total. The number of rotatable bonds is 5. The van der Waals surface area contributed by atoms with Crippen molar-refractivity contribution < 1.29 is 0 Å². The molecule has 1 aliphatic carbocycles. The van der Waals surface area contributed by atoms with Crippen LogP contribution in [0.5, 0.6) is 0 Å². The van der Waals surface area contributed by atoms with Crippen LogP contribution in [-0.4, -0.2) is 25.2 Å². The van der Waals surface area contributed by atoms with E-state index in [1.165, 1.54) is 20.5 Å². The van der Waals surface area contributed by atoms with Gasteiger partial charge >= 0.3 is 0 Å². The molecule has 0 amide bonds. The summed E-state index contributed by atoms with van der Waals surface area (Å²) in [7, 11) is 0. The molecule has 8 aromatic rings. The zero-order valence-corrected chi connectivity index (χ0v) is 28.4. The number of hydrogen-bond donors (Lipinski definition) is 0. The molecule has 0 fully saturated rings. The van der Waals surface area contributed by atoms with Crippen LogP contribution in [-0.2, 0) is 0 Å². The van der Waals surface area contributed by atoms with Gasteiger partial charge in [-0.3, -0.25) is 0 Å². The molecule has 2 atom stereocenters. The average molecular weight is 677 g/mol. The Balaban J connectivity index is 1.06. The fraction of sp³-hybridized carbons (Fsp3) is 0.0455. The van der Waals surface area contributed by atoms with E-state index >= 15 is 0 Å². The molecule has 2 unspecified atom stereocenters. The third-order valence-electron chi connectivity index (χ3n) is 9.50. The minimum atomic E-state index is 0.168. The zero-order chi connectivity index (χ0) is 33.0. The van der Waals surface area contributed by atoms with Gasteiger partial charge in [0.2, 0.25) is 0 Å². The van der Waals surface area contributed by atoms with Crippen LogP contribution >= 0.6 is 23.1 Å². The summed E-state index contributed by atoms with van der Waals surface area (Å²) in [6, 6.07) is 48.6. The van der Waals surface area contributed by atoms with Gasteiger partial charge in [0.25, 0.3) is 0 Å². The third kappa shape index (κ3) is 4.99. The van der Waals surface area contributed by atoms with Gasteiger partial charge < -0.3 is 0 Å². The average Bonchev–Trinajstić information content (AvgIpc) is 3.76. The fourth-order valence-corrected chi connectivity index (χ4v) is 9.72. The maximum absolute atomic E-state index is 5.32. The number of thioether (sulfide) groups is 1. The normalized spacial score (nSPS) is 16.4. The van der Waals surface area contributed by atoms with Crippen molar-refractivity contribution >= 4 is 49.0 Å². The number of aromatic nitrogens is 4. The first-order chi connectivity index (χ1) is 24.8. The summed E-state index contributed by atoms with van der Waals surface area (Å²) in [5.41, 5.74) is 10.6. The maximum Gasteiger partial charge on any atom is 0.160 e. The lowest BCUT2D eigenvalue weighted by atomic mass is 9.87. The SMILES string of the molecule is C1=CC2c3ccc(-c4cc(-c5ccccc5)nc(-c5ccccc5)n4)cc3SC2C(c2nc(-c3ccccc3)c3sc4ccccc4c3n2)=C1. The number of nitrogens with zero attached hydrogens (tertiary/aromatic N) is 4. The standard InChI is InChI=1S/C44H28N4S2/c1-4-13-27(14-5-1)35-26-36(46-43(45-35)29-17-8-3-9-18-29)30-23-24-31-32-20-12-21-34(41(32)50-38(31)25-30)44-47-39(28-15-6-2-7-16-28)42-40(48-44)33-19-10-11-22-37(33)49-42/h1-26,32,41H. The molecule has 2 aliphatic rings. The second-order valence-electron chi connectivity index (χ2n) is 12.6. The molecule has 0 bridgehead atoms. The first-order valence-electron chi connectivity index (χ1n) is 16.7. The maximum atomic E-state index is 5.32. The first-order valence-corrected chi connectivity index (χ1v) is 18.4. The van der Waals surface area contributed by atoms with Gasteiger partial charge in [0.15, 0.2) is 11.6 Å². The van der Waals surface area contributed by atoms with Crippen LogP contribution in [0.15, 0.2) is 163 Å². The molecule has 236 valence electrons. The molecule has 0 spiro atoms. The van der Waals surface area contributed by atoms with Crippen molar-refractivity contribution in [1.29, 1.82) is 0 Å². The number of thiophene rings is 1. The van der Waals surface area contributed by atoms with Gasteiger partial charge in [0.1, 0.15) is 0 Å². The van der Waals surface area contributed by atoms with Crippen LogP contribution in [0.4, 0.5) is 0 Å². The molecule has 6 heteroatoms. The summed E-state index contributed by atoms with van der Waals surface area (Å²) < 4.78 is 2.36. The van der Waals surface area contributed by atoms with Crippen LogP contribution < -0.4 is 0 Å². The Bertz CT molecular complexity index is 2570. The van der Waals surface area contributed by atoms with Crippen LogP contribution in [0.25, 0.3) is 71.0 Å². The highest BCUT2D eigenvalue weighted by Crippen LogP contribution is 2.53. The van der Waals surface area contributed by atoms with Gasteiger partial charge in [-0.1, -0.05) is 140 Å². The lowest BCUT2D eigenvalue weighted by molar-refractivity contribution is 0.883. The Hall–Kier alpha value is -5.69. The van der Waals surface area contributed by atoms with Crippen LogP contribution in [0, 0.1) is 0 Å². The highest BCUT2D eigenvalue weighted by atomic mass is 32.2. The number of benzene rings is 5. The van der Waals surface area contributed by atoms with Crippen molar-refractivity contribution in [2.75, 3.05) is 0 Å². The zero-order valence-electron chi connectivity index (χ0n) is 26.8. The second kappa shape index (κ2) is 12.0. The van der Waals surface area contributed by atoms with Crippen molar-refractivity contribution in [3.05, 3.63) is 169 Å². The molecular formula is C44H28N4S2. The summed E-state index contributed by atoms with van der Waals surface area (Å²) in [6.07, 6.45) is 6.73. The Labute approximate surface area is 298 Å².